The average molecular weight is 317 g/mol. The van der Waals surface area contributed by atoms with Crippen LogP contribution in [0.25, 0.3) is 0 Å². The highest BCUT2D eigenvalue weighted by molar-refractivity contribution is 5.91. The molecule has 5 nitrogen and oxygen atoms in total. The minimum Gasteiger partial charge on any atom is -0.461 e. The van der Waals surface area contributed by atoms with Crippen LogP contribution in [0.3, 0.4) is 0 Å². The molecule has 2 atom stereocenters. The van der Waals surface area contributed by atoms with Gasteiger partial charge in [0.2, 0.25) is 12.1 Å². The van der Waals surface area contributed by atoms with Gasteiger partial charge in [-0.3, -0.25) is 9.69 Å². The molecule has 0 aromatic carbocycles. The molecule has 0 unspecified atom stereocenters. The summed E-state index contributed by atoms with van der Waals surface area (Å²) < 4.78 is 69.1. The second kappa shape index (κ2) is 5.24. The van der Waals surface area contributed by atoms with Gasteiger partial charge in [-0.2, -0.15) is 22.0 Å². The van der Waals surface area contributed by atoms with Crippen molar-refractivity contribution in [3.8, 4) is 0 Å². The van der Waals surface area contributed by atoms with E-state index in [4.69, 9.17) is 0 Å². The standard InChI is InChI=1S/C11H12F5NO4/c1-3-21-8(19)7-4-6(2)9(20,17(7)5-18)10(12,13)11(14,15)16/h4-6,20H,3H2,1-2H3/t6-,9+/m1/s1. The molecule has 1 amide bonds. The van der Waals surface area contributed by atoms with E-state index in [0.717, 1.165) is 6.92 Å². The maximum atomic E-state index is 13.6. The van der Waals surface area contributed by atoms with Crippen LogP contribution >= 0.6 is 0 Å². The normalized spacial score (nSPS) is 26.6. The molecule has 0 aromatic heterocycles. The zero-order valence-electron chi connectivity index (χ0n) is 10.9. The molecule has 1 N–H and O–H groups in total. The highest BCUT2D eigenvalue weighted by Gasteiger charge is 2.75. The van der Waals surface area contributed by atoms with E-state index in [1.54, 1.807) is 0 Å². The number of hydrogen-bond acceptors (Lipinski definition) is 4. The summed E-state index contributed by atoms with van der Waals surface area (Å²) in [5.41, 5.74) is -4.81. The maximum Gasteiger partial charge on any atom is 0.458 e. The minimum absolute atomic E-state index is 0.189. The van der Waals surface area contributed by atoms with Crippen LogP contribution in [0.15, 0.2) is 11.8 Å². The van der Waals surface area contributed by atoms with Crippen molar-refractivity contribution in [2.75, 3.05) is 6.61 Å². The van der Waals surface area contributed by atoms with Crippen LogP contribution in [0.5, 0.6) is 0 Å². The van der Waals surface area contributed by atoms with Crippen LogP contribution in [0.4, 0.5) is 22.0 Å². The van der Waals surface area contributed by atoms with Crippen molar-refractivity contribution in [1.29, 1.82) is 0 Å². The summed E-state index contributed by atoms with van der Waals surface area (Å²) in [4.78, 5) is 22.0. The van der Waals surface area contributed by atoms with Crippen LogP contribution in [0.2, 0.25) is 0 Å². The molecule has 1 aliphatic heterocycles. The lowest BCUT2D eigenvalue weighted by Crippen LogP contribution is -2.66. The first-order chi connectivity index (χ1) is 9.45. The molecule has 120 valence electrons. The minimum atomic E-state index is -6.12. The molecule has 0 spiro atoms. The Labute approximate surface area is 116 Å². The lowest BCUT2D eigenvalue weighted by Gasteiger charge is -2.41. The second-order valence-electron chi connectivity index (χ2n) is 4.33. The summed E-state index contributed by atoms with van der Waals surface area (Å²) in [6.45, 7) is 2.01. The number of carbonyl (C=O) groups excluding carboxylic acids is 2. The van der Waals surface area contributed by atoms with Crippen molar-refractivity contribution in [2.45, 2.75) is 31.7 Å². The Balaban J connectivity index is 3.34. The van der Waals surface area contributed by atoms with Crippen molar-refractivity contribution in [3.63, 3.8) is 0 Å². The van der Waals surface area contributed by atoms with E-state index in [1.807, 2.05) is 0 Å². The SMILES string of the molecule is CCOC(=O)C1=C[C@@H](C)[C@](O)(C(F)(F)C(F)(F)F)N1C=O. The zero-order valence-corrected chi connectivity index (χ0v) is 10.9. The number of aliphatic hydroxyl groups is 1. The number of carbonyl (C=O) groups is 2. The third-order valence-electron chi connectivity index (χ3n) is 3.08. The average Bonchev–Trinajstić information content (AvgIpc) is 2.62. The largest absolute Gasteiger partial charge is 0.461 e. The summed E-state index contributed by atoms with van der Waals surface area (Å²) in [5.74, 6) is -8.78. The summed E-state index contributed by atoms with van der Waals surface area (Å²) in [7, 11) is 0. The number of esters is 1. The molecule has 0 aliphatic carbocycles. The molecular formula is C11H12F5NO4. The first-order valence-corrected chi connectivity index (χ1v) is 5.75. The molecule has 0 radical (unpaired) electrons. The molecular weight excluding hydrogens is 305 g/mol. The quantitative estimate of drug-likeness (QED) is 0.484. The maximum absolute atomic E-state index is 13.6. The number of ether oxygens (including phenoxy) is 1. The van der Waals surface area contributed by atoms with Gasteiger partial charge >= 0.3 is 18.1 Å². The predicted molar refractivity (Wildman–Crippen MR) is 57.7 cm³/mol. The first-order valence-electron chi connectivity index (χ1n) is 5.75. The van der Waals surface area contributed by atoms with E-state index >= 15 is 0 Å². The summed E-state index contributed by atoms with van der Waals surface area (Å²) in [6.07, 6.45) is -5.95. The molecule has 0 bridgehead atoms. The summed E-state index contributed by atoms with van der Waals surface area (Å²) in [5, 5.41) is 9.84. The molecule has 1 heterocycles. The lowest BCUT2D eigenvalue weighted by molar-refractivity contribution is -0.368. The monoisotopic (exact) mass is 317 g/mol. The number of amides is 1. The van der Waals surface area contributed by atoms with E-state index < -0.39 is 41.8 Å². The zero-order chi connectivity index (χ0) is 16.6. The third kappa shape index (κ3) is 2.37. The Kier molecular flexibility index (Phi) is 4.33. The van der Waals surface area contributed by atoms with Crippen LogP contribution in [0.1, 0.15) is 13.8 Å². The van der Waals surface area contributed by atoms with Crippen molar-refractivity contribution >= 4 is 12.4 Å². The Bertz CT molecular complexity index is 476. The van der Waals surface area contributed by atoms with Gasteiger partial charge in [0.25, 0.3) is 0 Å². The number of rotatable bonds is 4. The van der Waals surface area contributed by atoms with Gasteiger partial charge in [0, 0.05) is 5.92 Å². The highest BCUT2D eigenvalue weighted by atomic mass is 19.4. The van der Waals surface area contributed by atoms with E-state index in [1.165, 1.54) is 6.92 Å². The van der Waals surface area contributed by atoms with E-state index in [0.29, 0.717) is 6.08 Å². The van der Waals surface area contributed by atoms with Gasteiger partial charge in [0.05, 0.1) is 6.61 Å². The van der Waals surface area contributed by atoms with Crippen LogP contribution in [-0.4, -0.2) is 46.8 Å². The highest BCUT2D eigenvalue weighted by Crippen LogP contribution is 2.51. The molecule has 0 saturated carbocycles. The van der Waals surface area contributed by atoms with Crippen molar-refractivity contribution in [3.05, 3.63) is 11.8 Å². The third-order valence-corrected chi connectivity index (χ3v) is 3.08. The molecule has 0 aromatic rings. The topological polar surface area (TPSA) is 66.8 Å². The fourth-order valence-corrected chi connectivity index (χ4v) is 1.99. The molecule has 0 fully saturated rings. The van der Waals surface area contributed by atoms with Crippen molar-refractivity contribution < 1.29 is 41.4 Å². The van der Waals surface area contributed by atoms with Gasteiger partial charge in [0.15, 0.2) is 0 Å². The van der Waals surface area contributed by atoms with Gasteiger partial charge < -0.3 is 9.84 Å². The molecule has 0 saturated heterocycles. The molecule has 1 aliphatic rings. The van der Waals surface area contributed by atoms with Crippen molar-refractivity contribution in [2.24, 2.45) is 5.92 Å². The van der Waals surface area contributed by atoms with Crippen LogP contribution < -0.4 is 0 Å². The Morgan fingerprint density at radius 2 is 2.00 bits per heavy atom. The van der Waals surface area contributed by atoms with E-state index in [-0.39, 0.29) is 11.5 Å². The number of halogens is 5. The number of hydrogen-bond donors (Lipinski definition) is 1. The Morgan fingerprint density at radius 1 is 1.48 bits per heavy atom. The molecule has 21 heavy (non-hydrogen) atoms. The fraction of sp³-hybridized carbons (Fsp3) is 0.636. The van der Waals surface area contributed by atoms with Gasteiger partial charge in [-0.15, -0.1) is 0 Å². The Hall–Kier alpha value is -1.71. The molecule has 10 heteroatoms. The van der Waals surface area contributed by atoms with Crippen LogP contribution in [0, 0.1) is 5.92 Å². The number of alkyl halides is 5. The van der Waals surface area contributed by atoms with Gasteiger partial charge in [-0.1, -0.05) is 6.92 Å². The fourth-order valence-electron chi connectivity index (χ4n) is 1.99. The lowest BCUT2D eigenvalue weighted by atomic mass is 9.92. The second-order valence-corrected chi connectivity index (χ2v) is 4.33. The smallest absolute Gasteiger partial charge is 0.458 e. The predicted octanol–water partition coefficient (Wildman–Crippen LogP) is 1.43. The summed E-state index contributed by atoms with van der Waals surface area (Å²) >= 11 is 0. The summed E-state index contributed by atoms with van der Waals surface area (Å²) in [6, 6.07) is 0. The van der Waals surface area contributed by atoms with E-state index in [9.17, 15) is 36.6 Å². The molecule has 1 rings (SSSR count). The van der Waals surface area contributed by atoms with Gasteiger partial charge in [-0.05, 0) is 13.0 Å². The van der Waals surface area contributed by atoms with Crippen molar-refractivity contribution in [1.82, 2.24) is 4.90 Å². The van der Waals surface area contributed by atoms with Gasteiger partial charge in [-0.25, -0.2) is 4.79 Å². The Morgan fingerprint density at radius 3 is 2.38 bits per heavy atom. The first kappa shape index (κ1) is 17.3. The van der Waals surface area contributed by atoms with Gasteiger partial charge in [0.1, 0.15) is 5.70 Å². The number of nitrogens with zero attached hydrogens (tertiary/aromatic N) is 1. The van der Waals surface area contributed by atoms with E-state index in [2.05, 4.69) is 4.74 Å². The van der Waals surface area contributed by atoms with Crippen LogP contribution in [-0.2, 0) is 14.3 Å².